The maximum absolute atomic E-state index is 13.5. The van der Waals surface area contributed by atoms with Crippen LogP contribution in [0, 0.1) is 0 Å². The van der Waals surface area contributed by atoms with Gasteiger partial charge in [0, 0.05) is 18.7 Å². The summed E-state index contributed by atoms with van der Waals surface area (Å²) in [6, 6.07) is 14.9. The molecule has 3 heterocycles. The van der Waals surface area contributed by atoms with E-state index in [9.17, 15) is 15.0 Å². The number of carboxylic acid groups (broad SMARTS) is 1. The van der Waals surface area contributed by atoms with E-state index in [1.54, 1.807) is 10.9 Å². The SMILES string of the molecule is CCCCCCCCN1CC(O)C(c2ccccc2-c2nn[nH]n2)[C@]1(C(=O)O)n1cnc2ccccc21. The quantitative estimate of drug-likeness (QED) is 0.263. The van der Waals surface area contributed by atoms with Crippen molar-refractivity contribution >= 4 is 17.0 Å². The smallest absolute Gasteiger partial charge is 0.346 e. The van der Waals surface area contributed by atoms with Gasteiger partial charge < -0.3 is 14.8 Å². The van der Waals surface area contributed by atoms with Gasteiger partial charge in [-0.25, -0.2) is 9.78 Å². The molecule has 10 nitrogen and oxygen atoms in total. The van der Waals surface area contributed by atoms with Crippen LogP contribution in [0.3, 0.4) is 0 Å². The van der Waals surface area contributed by atoms with E-state index in [0.29, 0.717) is 34.5 Å². The van der Waals surface area contributed by atoms with E-state index in [4.69, 9.17) is 0 Å². The molecule has 0 radical (unpaired) electrons. The number of hydrogen-bond donors (Lipinski definition) is 3. The van der Waals surface area contributed by atoms with Gasteiger partial charge in [-0.3, -0.25) is 4.90 Å². The molecular formula is C27H33N7O3. The summed E-state index contributed by atoms with van der Waals surface area (Å²) >= 11 is 0. The van der Waals surface area contributed by atoms with Crippen LogP contribution in [-0.4, -0.2) is 70.5 Å². The number of nitrogens with one attached hydrogen (secondary N) is 1. The van der Waals surface area contributed by atoms with E-state index in [0.717, 1.165) is 19.3 Å². The van der Waals surface area contributed by atoms with Crippen molar-refractivity contribution < 1.29 is 15.0 Å². The number of para-hydroxylation sites is 2. The van der Waals surface area contributed by atoms with Gasteiger partial charge in [-0.1, -0.05) is 75.4 Å². The second-order valence-corrected chi connectivity index (χ2v) is 9.72. The summed E-state index contributed by atoms with van der Waals surface area (Å²) in [5.74, 6) is -1.49. The number of carboxylic acids is 1. The van der Waals surface area contributed by atoms with Crippen molar-refractivity contribution in [3.05, 3.63) is 60.4 Å². The lowest BCUT2D eigenvalue weighted by Crippen LogP contribution is -2.55. The number of benzene rings is 2. The highest BCUT2D eigenvalue weighted by Crippen LogP contribution is 2.49. The first-order valence-electron chi connectivity index (χ1n) is 13.0. The van der Waals surface area contributed by atoms with Gasteiger partial charge >= 0.3 is 5.97 Å². The Bertz CT molecular complexity index is 1340. The number of aromatic nitrogens is 6. The van der Waals surface area contributed by atoms with Crippen molar-refractivity contribution in [3.8, 4) is 11.4 Å². The normalized spacial score (nSPS) is 22.1. The summed E-state index contributed by atoms with van der Waals surface area (Å²) in [5, 5.41) is 37.1. The van der Waals surface area contributed by atoms with Gasteiger partial charge in [-0.05, 0) is 29.3 Å². The van der Waals surface area contributed by atoms with Crippen LogP contribution in [0.1, 0.15) is 56.9 Å². The van der Waals surface area contributed by atoms with E-state index in [1.807, 2.05) is 53.4 Å². The van der Waals surface area contributed by atoms with Crippen molar-refractivity contribution in [3.63, 3.8) is 0 Å². The predicted molar refractivity (Wildman–Crippen MR) is 139 cm³/mol. The fourth-order valence-corrected chi connectivity index (χ4v) is 5.86. The summed E-state index contributed by atoms with van der Waals surface area (Å²) in [6.07, 6.45) is 7.18. The molecule has 10 heteroatoms. The van der Waals surface area contributed by atoms with Crippen LogP contribution in [-0.2, 0) is 10.5 Å². The Balaban J connectivity index is 1.63. The number of tetrazole rings is 1. The predicted octanol–water partition coefficient (Wildman–Crippen LogP) is 3.77. The van der Waals surface area contributed by atoms with Gasteiger partial charge in [-0.15, -0.1) is 10.2 Å². The first-order chi connectivity index (χ1) is 18.1. The standard InChI is InChI=1S/C27H33N7O3/c1-2-3-4-5-6-11-16-33-17-23(35)24(19-12-7-8-13-20(19)25-29-31-32-30-25)27(33,26(36)37)34-18-28-21-14-9-10-15-22(21)34/h7-10,12-15,18,23-24,35H,2-6,11,16-17H2,1H3,(H,36,37)(H,29,30,31,32)/t23?,24?,27-/m1/s1. The number of carbonyl (C=O) groups is 1. The van der Waals surface area contributed by atoms with E-state index >= 15 is 0 Å². The van der Waals surface area contributed by atoms with Gasteiger partial charge in [0.25, 0.3) is 0 Å². The molecule has 37 heavy (non-hydrogen) atoms. The number of imidazole rings is 1. The third kappa shape index (κ3) is 4.40. The third-order valence-electron chi connectivity index (χ3n) is 7.51. The van der Waals surface area contributed by atoms with Gasteiger partial charge in [0.15, 0.2) is 0 Å². The molecule has 2 aromatic carbocycles. The minimum absolute atomic E-state index is 0.221. The van der Waals surface area contributed by atoms with Crippen LogP contribution in [0.2, 0.25) is 0 Å². The van der Waals surface area contributed by atoms with E-state index < -0.39 is 23.7 Å². The number of aliphatic hydroxyl groups excluding tert-OH is 1. The number of aliphatic carboxylic acids is 1. The van der Waals surface area contributed by atoms with E-state index in [-0.39, 0.29) is 6.54 Å². The number of unbranched alkanes of at least 4 members (excludes halogenated alkanes) is 5. The van der Waals surface area contributed by atoms with Crippen molar-refractivity contribution in [2.75, 3.05) is 13.1 Å². The first-order valence-corrected chi connectivity index (χ1v) is 13.0. The molecule has 0 amide bonds. The number of aliphatic hydroxyl groups is 1. The average Bonchev–Trinajstić information content (AvgIpc) is 3.64. The van der Waals surface area contributed by atoms with Crippen LogP contribution in [0.15, 0.2) is 54.9 Å². The van der Waals surface area contributed by atoms with Crippen LogP contribution < -0.4 is 0 Å². The van der Waals surface area contributed by atoms with Crippen molar-refractivity contribution in [1.82, 2.24) is 35.1 Å². The minimum Gasteiger partial charge on any atom is -0.478 e. The molecular weight excluding hydrogens is 470 g/mol. The summed E-state index contributed by atoms with van der Waals surface area (Å²) in [4.78, 5) is 20.0. The first kappa shape index (κ1) is 25.0. The Hall–Kier alpha value is -3.63. The molecule has 1 aliphatic rings. The maximum atomic E-state index is 13.5. The number of hydrogen-bond acceptors (Lipinski definition) is 7. The number of nitrogens with zero attached hydrogens (tertiary/aromatic N) is 6. The fourth-order valence-electron chi connectivity index (χ4n) is 5.86. The second-order valence-electron chi connectivity index (χ2n) is 9.72. The Morgan fingerprint density at radius 1 is 1.08 bits per heavy atom. The molecule has 3 atom stereocenters. The molecule has 0 bridgehead atoms. The monoisotopic (exact) mass is 503 g/mol. The molecule has 1 fully saturated rings. The van der Waals surface area contributed by atoms with Gasteiger partial charge in [0.2, 0.25) is 11.5 Å². The van der Waals surface area contributed by atoms with Crippen LogP contribution in [0.4, 0.5) is 0 Å². The summed E-state index contributed by atoms with van der Waals surface area (Å²) in [6.45, 7) is 2.96. The summed E-state index contributed by atoms with van der Waals surface area (Å²) in [7, 11) is 0. The largest absolute Gasteiger partial charge is 0.478 e. The van der Waals surface area contributed by atoms with E-state index in [1.165, 1.54) is 19.3 Å². The molecule has 3 N–H and O–H groups in total. The minimum atomic E-state index is -1.60. The Kier molecular flexibility index (Phi) is 7.29. The number of aromatic amines is 1. The molecule has 0 spiro atoms. The summed E-state index contributed by atoms with van der Waals surface area (Å²) in [5.41, 5.74) is 1.10. The van der Waals surface area contributed by atoms with Crippen molar-refractivity contribution in [2.24, 2.45) is 0 Å². The van der Waals surface area contributed by atoms with Crippen LogP contribution in [0.5, 0.6) is 0 Å². The zero-order valence-corrected chi connectivity index (χ0v) is 21.0. The zero-order valence-electron chi connectivity index (χ0n) is 21.0. The van der Waals surface area contributed by atoms with Crippen molar-refractivity contribution in [2.45, 2.75) is 63.1 Å². The van der Waals surface area contributed by atoms with Crippen LogP contribution in [0.25, 0.3) is 22.4 Å². The molecule has 5 rings (SSSR count). The third-order valence-corrected chi connectivity index (χ3v) is 7.51. The fraction of sp³-hybridized carbons (Fsp3) is 0.444. The van der Waals surface area contributed by atoms with Crippen molar-refractivity contribution in [1.29, 1.82) is 0 Å². The second kappa shape index (κ2) is 10.8. The highest BCUT2D eigenvalue weighted by atomic mass is 16.4. The molecule has 0 saturated carbocycles. The average molecular weight is 504 g/mol. The number of β-amino-alcohol motifs (C(OH)–C–C–N with tert-alkyl or cyclic N) is 1. The van der Waals surface area contributed by atoms with Gasteiger partial charge in [-0.2, -0.15) is 5.21 Å². The van der Waals surface area contributed by atoms with Gasteiger partial charge in [0.1, 0.15) is 0 Å². The summed E-state index contributed by atoms with van der Waals surface area (Å²) < 4.78 is 1.73. The highest BCUT2D eigenvalue weighted by Gasteiger charge is 2.61. The Labute approximate surface area is 215 Å². The van der Waals surface area contributed by atoms with Gasteiger partial charge in [0.05, 0.1) is 29.4 Å². The van der Waals surface area contributed by atoms with Crippen LogP contribution >= 0.6 is 0 Å². The lowest BCUT2D eigenvalue weighted by molar-refractivity contribution is -0.158. The zero-order chi connectivity index (χ0) is 25.8. The lowest BCUT2D eigenvalue weighted by Gasteiger charge is -2.40. The number of fused-ring (bicyclic) bond motifs is 1. The number of likely N-dealkylation sites (tertiary alicyclic amines) is 1. The molecule has 0 aliphatic carbocycles. The molecule has 1 saturated heterocycles. The maximum Gasteiger partial charge on any atom is 0.346 e. The Morgan fingerprint density at radius 2 is 1.84 bits per heavy atom. The topological polar surface area (TPSA) is 133 Å². The molecule has 2 unspecified atom stereocenters. The number of rotatable bonds is 11. The number of H-pyrrole nitrogens is 1. The lowest BCUT2D eigenvalue weighted by atomic mass is 9.81. The molecule has 1 aliphatic heterocycles. The molecule has 2 aromatic heterocycles. The highest BCUT2D eigenvalue weighted by molar-refractivity contribution is 5.84. The molecule has 194 valence electrons. The van der Waals surface area contributed by atoms with E-state index in [2.05, 4.69) is 32.5 Å². The Morgan fingerprint density at radius 3 is 2.62 bits per heavy atom. The molecule has 4 aromatic rings.